The molecule has 1 amide bonds. The van der Waals surface area contributed by atoms with Crippen LogP contribution in [-0.4, -0.2) is 48.9 Å². The number of thioether (sulfide) groups is 1. The van der Waals surface area contributed by atoms with Crippen molar-refractivity contribution in [2.75, 3.05) is 13.1 Å². The molecule has 7 heteroatoms. The Morgan fingerprint density at radius 1 is 0.969 bits per heavy atom. The summed E-state index contributed by atoms with van der Waals surface area (Å²) in [6.45, 7) is 8.06. The second-order valence-electron chi connectivity index (χ2n) is 8.60. The standard InChI is InChI=1S/C25H31N5OS/c1-18(2)21-12-6-7-13-22(21)30-23(20-11-10-14-26-17-20)27-28-25(30)32-19(3)24(31)29-15-8-4-5-9-16-29/h6-7,10-14,17-19H,4-5,8-9,15-16H2,1-3H3. The molecule has 1 aliphatic heterocycles. The van der Waals surface area contributed by atoms with Gasteiger partial charge in [-0.05, 0) is 49.4 Å². The molecule has 3 aromatic rings. The highest BCUT2D eigenvalue weighted by molar-refractivity contribution is 8.00. The number of carbonyl (C=O) groups is 1. The largest absolute Gasteiger partial charge is 0.342 e. The number of nitrogens with zero attached hydrogens (tertiary/aromatic N) is 5. The minimum atomic E-state index is -0.232. The average Bonchev–Trinajstić information content (AvgIpc) is 3.03. The fraction of sp³-hybridized carbons (Fsp3) is 0.440. The summed E-state index contributed by atoms with van der Waals surface area (Å²) in [4.78, 5) is 19.5. The zero-order valence-electron chi connectivity index (χ0n) is 19.1. The van der Waals surface area contributed by atoms with Gasteiger partial charge >= 0.3 is 0 Å². The molecule has 32 heavy (non-hydrogen) atoms. The first-order valence-corrected chi connectivity index (χ1v) is 12.3. The van der Waals surface area contributed by atoms with E-state index in [0.29, 0.717) is 5.92 Å². The van der Waals surface area contributed by atoms with Crippen LogP contribution in [0.2, 0.25) is 0 Å². The molecule has 1 atom stereocenters. The van der Waals surface area contributed by atoms with Gasteiger partial charge in [0, 0.05) is 31.0 Å². The van der Waals surface area contributed by atoms with Gasteiger partial charge in [0.15, 0.2) is 11.0 Å². The number of rotatable bonds is 6. The highest BCUT2D eigenvalue weighted by Crippen LogP contribution is 2.33. The lowest BCUT2D eigenvalue weighted by Crippen LogP contribution is -2.37. The third-order valence-corrected chi connectivity index (χ3v) is 6.93. The second-order valence-corrected chi connectivity index (χ2v) is 9.90. The van der Waals surface area contributed by atoms with E-state index in [4.69, 9.17) is 0 Å². The Kier molecular flexibility index (Phi) is 7.25. The van der Waals surface area contributed by atoms with E-state index in [1.807, 2.05) is 30.0 Å². The summed E-state index contributed by atoms with van der Waals surface area (Å²) < 4.78 is 2.09. The fourth-order valence-corrected chi connectivity index (χ4v) is 5.13. The summed E-state index contributed by atoms with van der Waals surface area (Å²) in [6.07, 6.45) is 8.15. The number of pyridine rings is 1. The predicted molar refractivity (Wildman–Crippen MR) is 129 cm³/mol. The molecule has 2 aromatic heterocycles. The van der Waals surface area contributed by atoms with E-state index in [1.54, 1.807) is 12.4 Å². The molecule has 1 aliphatic rings. The Morgan fingerprint density at radius 3 is 2.41 bits per heavy atom. The molecule has 168 valence electrons. The van der Waals surface area contributed by atoms with Crippen LogP contribution in [0.25, 0.3) is 17.1 Å². The number of benzene rings is 1. The lowest BCUT2D eigenvalue weighted by atomic mass is 10.0. The quantitative estimate of drug-likeness (QED) is 0.476. The van der Waals surface area contributed by atoms with Gasteiger partial charge in [-0.1, -0.05) is 56.7 Å². The summed E-state index contributed by atoms with van der Waals surface area (Å²) in [5.74, 6) is 1.26. The number of hydrogen-bond acceptors (Lipinski definition) is 5. The third kappa shape index (κ3) is 4.88. The van der Waals surface area contributed by atoms with E-state index in [2.05, 4.69) is 51.8 Å². The summed E-state index contributed by atoms with van der Waals surface area (Å²) in [5.41, 5.74) is 3.16. The van der Waals surface area contributed by atoms with Crippen LogP contribution in [0.3, 0.4) is 0 Å². The molecule has 1 unspecified atom stereocenters. The first-order valence-electron chi connectivity index (χ1n) is 11.5. The smallest absolute Gasteiger partial charge is 0.235 e. The molecule has 0 bridgehead atoms. The summed E-state index contributed by atoms with van der Waals surface area (Å²) in [7, 11) is 0. The Morgan fingerprint density at radius 2 is 1.72 bits per heavy atom. The maximum atomic E-state index is 13.2. The molecule has 0 spiro atoms. The minimum Gasteiger partial charge on any atom is -0.342 e. The first-order chi connectivity index (χ1) is 15.6. The highest BCUT2D eigenvalue weighted by Gasteiger charge is 2.26. The van der Waals surface area contributed by atoms with Crippen LogP contribution in [0, 0.1) is 0 Å². The number of hydrogen-bond donors (Lipinski definition) is 0. The van der Waals surface area contributed by atoms with Crippen molar-refractivity contribution in [2.24, 2.45) is 0 Å². The monoisotopic (exact) mass is 449 g/mol. The zero-order valence-corrected chi connectivity index (χ0v) is 19.9. The Hall–Kier alpha value is -2.67. The normalized spacial score (nSPS) is 15.6. The topological polar surface area (TPSA) is 63.9 Å². The van der Waals surface area contributed by atoms with Crippen LogP contribution in [0.5, 0.6) is 0 Å². The van der Waals surface area contributed by atoms with E-state index in [-0.39, 0.29) is 11.2 Å². The molecule has 1 aromatic carbocycles. The molecule has 6 nitrogen and oxygen atoms in total. The van der Waals surface area contributed by atoms with E-state index in [9.17, 15) is 4.79 Å². The van der Waals surface area contributed by atoms with Crippen molar-refractivity contribution in [3.8, 4) is 17.1 Å². The first kappa shape index (κ1) is 22.5. The van der Waals surface area contributed by atoms with E-state index in [1.165, 1.54) is 30.2 Å². The maximum Gasteiger partial charge on any atom is 0.235 e. The van der Waals surface area contributed by atoms with Crippen molar-refractivity contribution in [1.29, 1.82) is 0 Å². The van der Waals surface area contributed by atoms with Crippen molar-refractivity contribution in [1.82, 2.24) is 24.6 Å². The average molecular weight is 450 g/mol. The minimum absolute atomic E-state index is 0.187. The Labute approximate surface area is 194 Å². The molecule has 4 rings (SSSR count). The second kappa shape index (κ2) is 10.3. The summed E-state index contributed by atoms with van der Waals surface area (Å²) in [6, 6.07) is 12.2. The summed E-state index contributed by atoms with van der Waals surface area (Å²) >= 11 is 1.49. The van der Waals surface area contributed by atoms with Gasteiger partial charge in [-0.25, -0.2) is 0 Å². The third-order valence-electron chi connectivity index (χ3n) is 5.90. The van der Waals surface area contributed by atoms with Crippen molar-refractivity contribution in [2.45, 2.75) is 62.8 Å². The fourth-order valence-electron chi connectivity index (χ4n) is 4.18. The number of carbonyl (C=O) groups excluding carboxylic acids is 1. The van der Waals surface area contributed by atoms with Gasteiger partial charge in [0.2, 0.25) is 5.91 Å². The molecule has 0 aliphatic carbocycles. The lowest BCUT2D eigenvalue weighted by Gasteiger charge is -2.24. The van der Waals surface area contributed by atoms with Crippen molar-refractivity contribution >= 4 is 17.7 Å². The number of likely N-dealkylation sites (tertiary alicyclic amines) is 1. The number of aromatic nitrogens is 4. The Balaban J connectivity index is 1.71. The van der Waals surface area contributed by atoms with Gasteiger partial charge < -0.3 is 4.90 Å². The zero-order chi connectivity index (χ0) is 22.5. The van der Waals surface area contributed by atoms with E-state index in [0.717, 1.165) is 48.2 Å². The van der Waals surface area contributed by atoms with Crippen LogP contribution in [-0.2, 0) is 4.79 Å². The molecule has 3 heterocycles. The van der Waals surface area contributed by atoms with Gasteiger partial charge in [0.25, 0.3) is 0 Å². The maximum absolute atomic E-state index is 13.2. The molecular weight excluding hydrogens is 418 g/mol. The highest BCUT2D eigenvalue weighted by atomic mass is 32.2. The SMILES string of the molecule is CC(Sc1nnc(-c2cccnc2)n1-c1ccccc1C(C)C)C(=O)N1CCCCCC1. The van der Waals surface area contributed by atoms with Crippen LogP contribution < -0.4 is 0 Å². The van der Waals surface area contributed by atoms with Crippen LogP contribution in [0.1, 0.15) is 57.9 Å². The van der Waals surface area contributed by atoms with Gasteiger partial charge in [-0.15, -0.1) is 10.2 Å². The number of para-hydroxylation sites is 1. The van der Waals surface area contributed by atoms with Gasteiger partial charge in [0.05, 0.1) is 10.9 Å². The molecule has 0 radical (unpaired) electrons. The Bertz CT molecular complexity index is 1040. The molecule has 1 fully saturated rings. The van der Waals surface area contributed by atoms with E-state index >= 15 is 0 Å². The van der Waals surface area contributed by atoms with Crippen LogP contribution in [0.4, 0.5) is 0 Å². The number of amides is 1. The van der Waals surface area contributed by atoms with Gasteiger partial charge in [-0.2, -0.15) is 0 Å². The van der Waals surface area contributed by atoms with E-state index < -0.39 is 0 Å². The van der Waals surface area contributed by atoms with Crippen molar-refractivity contribution < 1.29 is 4.79 Å². The predicted octanol–water partition coefficient (Wildman–Crippen LogP) is 5.34. The molecule has 0 saturated carbocycles. The van der Waals surface area contributed by atoms with Gasteiger partial charge in [-0.3, -0.25) is 14.3 Å². The van der Waals surface area contributed by atoms with Gasteiger partial charge in [0.1, 0.15) is 0 Å². The molecule has 0 N–H and O–H groups in total. The molecule has 1 saturated heterocycles. The van der Waals surface area contributed by atoms with Crippen molar-refractivity contribution in [3.63, 3.8) is 0 Å². The molecular formula is C25H31N5OS. The van der Waals surface area contributed by atoms with Crippen LogP contribution in [0.15, 0.2) is 53.9 Å². The summed E-state index contributed by atoms with van der Waals surface area (Å²) in [5, 5.41) is 9.56. The van der Waals surface area contributed by atoms with Crippen molar-refractivity contribution in [3.05, 3.63) is 54.4 Å². The lowest BCUT2D eigenvalue weighted by molar-refractivity contribution is -0.130. The van der Waals surface area contributed by atoms with Crippen LogP contribution >= 0.6 is 11.8 Å².